The largest absolute Gasteiger partial charge is 0.380 e. The van der Waals surface area contributed by atoms with Crippen molar-refractivity contribution in [1.29, 1.82) is 15.8 Å². The lowest BCUT2D eigenvalue weighted by Crippen LogP contribution is -2.34. The molecule has 0 rings (SSSR count). The van der Waals surface area contributed by atoms with Gasteiger partial charge in [0.25, 0.3) is 0 Å². The Balaban J connectivity index is 4.10. The molecule has 0 fully saturated rings. The summed E-state index contributed by atoms with van der Waals surface area (Å²) in [6, 6.07) is 6.04. The zero-order valence-corrected chi connectivity index (χ0v) is 11.9. The van der Waals surface area contributed by atoms with Gasteiger partial charge in [0.1, 0.15) is 0 Å². The minimum Gasteiger partial charge on any atom is -0.380 e. The first-order valence-electron chi connectivity index (χ1n) is 6.52. The number of nitriles is 3. The Morgan fingerprint density at radius 2 is 1.00 bits per heavy atom. The summed E-state index contributed by atoms with van der Waals surface area (Å²) in [6.45, 7) is 4.32. The van der Waals surface area contributed by atoms with Gasteiger partial charge in [0.2, 0.25) is 0 Å². The van der Waals surface area contributed by atoms with Gasteiger partial charge in [-0.1, -0.05) is 6.92 Å². The SMILES string of the molecule is CC(COCCC#N)(COCCC#N)COCCC#N. The summed E-state index contributed by atoms with van der Waals surface area (Å²) in [4.78, 5) is 0. The van der Waals surface area contributed by atoms with E-state index in [1.165, 1.54) is 0 Å². The normalized spacial score (nSPS) is 10.5. The summed E-state index contributed by atoms with van der Waals surface area (Å²) < 4.78 is 16.3. The van der Waals surface area contributed by atoms with Gasteiger partial charge >= 0.3 is 0 Å². The van der Waals surface area contributed by atoms with Crippen LogP contribution in [0.15, 0.2) is 0 Å². The molecule has 0 heterocycles. The van der Waals surface area contributed by atoms with Crippen LogP contribution in [0.5, 0.6) is 0 Å². The molecule has 0 aliphatic carbocycles. The van der Waals surface area contributed by atoms with Crippen LogP contribution in [0.1, 0.15) is 26.2 Å². The summed E-state index contributed by atoms with van der Waals surface area (Å²) in [5.74, 6) is 0. The molecular weight excluding hydrogens is 258 g/mol. The minimum atomic E-state index is -0.347. The average Bonchev–Trinajstić information content (AvgIpc) is 2.45. The van der Waals surface area contributed by atoms with E-state index in [4.69, 9.17) is 30.0 Å². The Morgan fingerprint density at radius 1 is 0.700 bits per heavy atom. The van der Waals surface area contributed by atoms with Crippen molar-refractivity contribution in [3.8, 4) is 18.2 Å². The molecule has 0 N–H and O–H groups in total. The van der Waals surface area contributed by atoms with Crippen LogP contribution in [0, 0.1) is 39.4 Å². The third-order valence-corrected chi connectivity index (χ3v) is 2.43. The molecule has 0 aromatic rings. The van der Waals surface area contributed by atoms with Gasteiger partial charge in [-0.25, -0.2) is 0 Å². The topological polar surface area (TPSA) is 99.1 Å². The van der Waals surface area contributed by atoms with Crippen molar-refractivity contribution in [2.24, 2.45) is 5.41 Å². The summed E-state index contributed by atoms with van der Waals surface area (Å²) >= 11 is 0. The standard InChI is InChI=1S/C14H21N3O3/c1-14(11-18-8-2-5-15,12-19-9-3-6-16)13-20-10-4-7-17/h2-4,8-13H2,1H3. The maximum Gasteiger partial charge on any atom is 0.0645 e. The van der Waals surface area contributed by atoms with E-state index in [2.05, 4.69) is 0 Å². The third-order valence-electron chi connectivity index (χ3n) is 2.43. The van der Waals surface area contributed by atoms with Crippen LogP contribution in [0.2, 0.25) is 0 Å². The molecule has 0 spiro atoms. The van der Waals surface area contributed by atoms with Crippen molar-refractivity contribution in [2.75, 3.05) is 39.6 Å². The smallest absolute Gasteiger partial charge is 0.0645 e. The predicted octanol–water partition coefficient (Wildman–Crippen LogP) is 1.78. The van der Waals surface area contributed by atoms with Crippen molar-refractivity contribution in [3.05, 3.63) is 0 Å². The van der Waals surface area contributed by atoms with Crippen molar-refractivity contribution in [1.82, 2.24) is 0 Å². The van der Waals surface area contributed by atoms with Crippen LogP contribution in [-0.4, -0.2) is 39.6 Å². The van der Waals surface area contributed by atoms with E-state index in [0.29, 0.717) is 58.9 Å². The molecule has 0 unspecified atom stereocenters. The molecule has 20 heavy (non-hydrogen) atoms. The van der Waals surface area contributed by atoms with Gasteiger partial charge < -0.3 is 14.2 Å². The third kappa shape index (κ3) is 10.3. The molecule has 0 bridgehead atoms. The van der Waals surface area contributed by atoms with Crippen LogP contribution in [0.4, 0.5) is 0 Å². The second-order valence-corrected chi connectivity index (χ2v) is 4.69. The second-order valence-electron chi connectivity index (χ2n) is 4.69. The second kappa shape index (κ2) is 12.4. The van der Waals surface area contributed by atoms with Gasteiger partial charge in [-0.2, -0.15) is 15.8 Å². The zero-order chi connectivity index (χ0) is 15.1. The van der Waals surface area contributed by atoms with Gasteiger partial charge in [-0.3, -0.25) is 0 Å². The summed E-state index contributed by atoms with van der Waals surface area (Å²) in [6.07, 6.45) is 1.04. The molecule has 0 aliphatic rings. The Kier molecular flexibility index (Phi) is 11.4. The average molecular weight is 279 g/mol. The maximum absolute atomic E-state index is 8.46. The fourth-order valence-electron chi connectivity index (χ4n) is 1.43. The van der Waals surface area contributed by atoms with E-state index < -0.39 is 0 Å². The fraction of sp³-hybridized carbons (Fsp3) is 0.786. The van der Waals surface area contributed by atoms with Crippen molar-refractivity contribution in [2.45, 2.75) is 26.2 Å². The van der Waals surface area contributed by atoms with Crippen LogP contribution in [0.25, 0.3) is 0 Å². The van der Waals surface area contributed by atoms with E-state index in [-0.39, 0.29) is 5.41 Å². The molecule has 0 atom stereocenters. The predicted molar refractivity (Wildman–Crippen MR) is 71.3 cm³/mol. The quantitative estimate of drug-likeness (QED) is 0.505. The number of nitrogens with zero attached hydrogens (tertiary/aromatic N) is 3. The number of hydrogen-bond donors (Lipinski definition) is 0. The zero-order valence-electron chi connectivity index (χ0n) is 11.9. The first kappa shape index (κ1) is 18.4. The van der Waals surface area contributed by atoms with Gasteiger partial charge in [0.05, 0.1) is 77.1 Å². The van der Waals surface area contributed by atoms with E-state index in [1.54, 1.807) is 0 Å². The fourth-order valence-corrected chi connectivity index (χ4v) is 1.43. The van der Waals surface area contributed by atoms with Crippen LogP contribution >= 0.6 is 0 Å². The summed E-state index contributed by atoms with van der Waals surface area (Å²) in [5.41, 5.74) is -0.347. The van der Waals surface area contributed by atoms with E-state index >= 15 is 0 Å². The molecule has 0 aromatic carbocycles. The lowest BCUT2D eigenvalue weighted by atomic mass is 9.94. The molecule has 0 radical (unpaired) electrons. The highest BCUT2D eigenvalue weighted by atomic mass is 16.5. The van der Waals surface area contributed by atoms with E-state index in [9.17, 15) is 0 Å². The molecule has 6 nitrogen and oxygen atoms in total. The first-order chi connectivity index (χ1) is 9.68. The molecular formula is C14H21N3O3. The molecule has 0 saturated carbocycles. The summed E-state index contributed by atoms with van der Waals surface area (Å²) in [5, 5.41) is 25.4. The van der Waals surface area contributed by atoms with Crippen LogP contribution < -0.4 is 0 Å². The van der Waals surface area contributed by atoms with Crippen molar-refractivity contribution in [3.63, 3.8) is 0 Å². The first-order valence-corrected chi connectivity index (χ1v) is 6.52. The van der Waals surface area contributed by atoms with Gasteiger partial charge in [-0.15, -0.1) is 0 Å². The minimum absolute atomic E-state index is 0.347. The van der Waals surface area contributed by atoms with Gasteiger partial charge in [-0.05, 0) is 0 Å². The molecule has 0 aromatic heterocycles. The van der Waals surface area contributed by atoms with E-state index in [0.717, 1.165) is 0 Å². The van der Waals surface area contributed by atoms with Crippen LogP contribution in [0.3, 0.4) is 0 Å². The number of ether oxygens (including phenoxy) is 3. The lowest BCUT2D eigenvalue weighted by Gasteiger charge is -2.28. The number of hydrogen-bond acceptors (Lipinski definition) is 6. The molecule has 0 amide bonds. The molecule has 0 saturated heterocycles. The van der Waals surface area contributed by atoms with E-state index in [1.807, 2.05) is 25.1 Å². The Bertz CT molecular complexity index is 310. The van der Waals surface area contributed by atoms with Crippen molar-refractivity contribution < 1.29 is 14.2 Å². The van der Waals surface area contributed by atoms with Gasteiger partial charge in [0, 0.05) is 5.41 Å². The Labute approximate surface area is 120 Å². The highest BCUT2D eigenvalue weighted by Crippen LogP contribution is 2.18. The number of rotatable bonds is 12. The maximum atomic E-state index is 8.46. The Morgan fingerprint density at radius 3 is 1.25 bits per heavy atom. The van der Waals surface area contributed by atoms with Crippen molar-refractivity contribution >= 4 is 0 Å². The molecule has 0 aliphatic heterocycles. The molecule has 6 heteroatoms. The van der Waals surface area contributed by atoms with Crippen LogP contribution in [-0.2, 0) is 14.2 Å². The van der Waals surface area contributed by atoms with Gasteiger partial charge in [0.15, 0.2) is 0 Å². The lowest BCUT2D eigenvalue weighted by molar-refractivity contribution is -0.0575. The molecule has 110 valence electrons. The Hall–Kier alpha value is -1.65. The highest BCUT2D eigenvalue weighted by Gasteiger charge is 2.25. The summed E-state index contributed by atoms with van der Waals surface area (Å²) in [7, 11) is 0. The monoisotopic (exact) mass is 279 g/mol. The highest BCUT2D eigenvalue weighted by molar-refractivity contribution is 4.76.